The number of hydrogen-bond acceptors (Lipinski definition) is 6. The fourth-order valence-corrected chi connectivity index (χ4v) is 3.71. The van der Waals surface area contributed by atoms with E-state index in [2.05, 4.69) is 10.6 Å². The Bertz CT molecular complexity index is 877. The van der Waals surface area contributed by atoms with E-state index in [4.69, 9.17) is 11.5 Å². The quantitative estimate of drug-likeness (QED) is 0.276. The molecule has 4 unspecified atom stereocenters. The summed E-state index contributed by atoms with van der Waals surface area (Å²) in [5, 5.41) is 14.3. The maximum Gasteiger partial charge on any atom is 0.326 e. The van der Waals surface area contributed by atoms with Gasteiger partial charge in [0.05, 0.1) is 6.04 Å². The third-order valence-electron chi connectivity index (χ3n) is 5.50. The van der Waals surface area contributed by atoms with E-state index >= 15 is 0 Å². The topological polar surface area (TPSA) is 185 Å². The van der Waals surface area contributed by atoms with E-state index in [1.54, 1.807) is 0 Å². The standard InChI is InChI=1S/C22H31N5O6/c1-13(21(31)27-11-5-8-17(27)22(32)33)25-20(30)16(9-10-18(24)28)26-19(29)15(23)12-14-6-3-2-4-7-14/h2-4,6-7,13,15-17H,5,8-12,23H2,1H3,(H2,24,28)(H,25,30)(H,26,29)(H,32,33). The van der Waals surface area contributed by atoms with Gasteiger partial charge >= 0.3 is 5.97 Å². The van der Waals surface area contributed by atoms with Crippen LogP contribution < -0.4 is 22.1 Å². The molecule has 2 rings (SSSR count). The molecule has 1 heterocycles. The Balaban J connectivity index is 2.02. The van der Waals surface area contributed by atoms with Crippen molar-refractivity contribution in [3.8, 4) is 0 Å². The molecule has 0 saturated carbocycles. The zero-order valence-electron chi connectivity index (χ0n) is 18.5. The zero-order valence-corrected chi connectivity index (χ0v) is 18.5. The Kier molecular flexibility index (Phi) is 9.34. The molecule has 0 aromatic heterocycles. The molecule has 1 saturated heterocycles. The van der Waals surface area contributed by atoms with Crippen LogP contribution in [0, 0.1) is 0 Å². The average molecular weight is 462 g/mol. The van der Waals surface area contributed by atoms with Crippen LogP contribution in [0.5, 0.6) is 0 Å². The van der Waals surface area contributed by atoms with Gasteiger partial charge in [0.2, 0.25) is 23.6 Å². The summed E-state index contributed by atoms with van der Waals surface area (Å²) in [5.74, 6) is -3.56. The maximum atomic E-state index is 12.8. The second-order valence-corrected chi connectivity index (χ2v) is 8.12. The van der Waals surface area contributed by atoms with Crippen LogP contribution in [0.2, 0.25) is 0 Å². The molecular weight excluding hydrogens is 430 g/mol. The van der Waals surface area contributed by atoms with Gasteiger partial charge in [-0.15, -0.1) is 0 Å². The average Bonchev–Trinajstić information content (AvgIpc) is 3.26. The Hall–Kier alpha value is -3.47. The minimum atomic E-state index is -1.14. The normalized spacial score (nSPS) is 18.1. The van der Waals surface area contributed by atoms with Crippen molar-refractivity contribution < 1.29 is 29.1 Å². The smallest absolute Gasteiger partial charge is 0.326 e. The fourth-order valence-electron chi connectivity index (χ4n) is 3.71. The Labute approximate surface area is 191 Å². The number of primary amides is 1. The van der Waals surface area contributed by atoms with Gasteiger partial charge in [-0.25, -0.2) is 4.79 Å². The number of likely N-dealkylation sites (tertiary alicyclic amines) is 1. The number of benzene rings is 1. The molecule has 0 aliphatic carbocycles. The van der Waals surface area contributed by atoms with Crippen LogP contribution in [0.15, 0.2) is 30.3 Å². The third kappa shape index (κ3) is 7.56. The van der Waals surface area contributed by atoms with Crippen LogP contribution in [0.3, 0.4) is 0 Å². The van der Waals surface area contributed by atoms with Gasteiger partial charge in [0, 0.05) is 13.0 Å². The van der Waals surface area contributed by atoms with Crippen molar-refractivity contribution >= 4 is 29.6 Å². The van der Waals surface area contributed by atoms with Crippen LogP contribution in [-0.2, 0) is 30.4 Å². The van der Waals surface area contributed by atoms with E-state index in [9.17, 15) is 29.1 Å². The lowest BCUT2D eigenvalue weighted by Gasteiger charge is -2.27. The molecular formula is C22H31N5O6. The molecule has 0 bridgehead atoms. The lowest BCUT2D eigenvalue weighted by Crippen LogP contribution is -2.56. The fraction of sp³-hybridized carbons (Fsp3) is 0.500. The summed E-state index contributed by atoms with van der Waals surface area (Å²) < 4.78 is 0. The molecule has 11 nitrogen and oxygen atoms in total. The van der Waals surface area contributed by atoms with Crippen LogP contribution in [0.4, 0.5) is 0 Å². The monoisotopic (exact) mass is 461 g/mol. The molecule has 1 fully saturated rings. The first-order valence-electron chi connectivity index (χ1n) is 10.8. The van der Waals surface area contributed by atoms with E-state index in [0.717, 1.165) is 5.56 Å². The predicted octanol–water partition coefficient (Wildman–Crippen LogP) is -1.11. The van der Waals surface area contributed by atoms with Gasteiger partial charge < -0.3 is 32.1 Å². The van der Waals surface area contributed by atoms with Gasteiger partial charge in [-0.2, -0.15) is 0 Å². The lowest BCUT2D eigenvalue weighted by molar-refractivity contribution is -0.149. The first-order chi connectivity index (χ1) is 15.6. The Morgan fingerprint density at radius 2 is 1.79 bits per heavy atom. The number of nitrogens with one attached hydrogen (secondary N) is 2. The summed E-state index contributed by atoms with van der Waals surface area (Å²) in [5.41, 5.74) is 12.0. The molecule has 1 aliphatic heterocycles. The van der Waals surface area contributed by atoms with Gasteiger partial charge in [0.1, 0.15) is 18.1 Å². The summed E-state index contributed by atoms with van der Waals surface area (Å²) in [6, 6.07) is 5.07. The SMILES string of the molecule is CC(NC(=O)C(CCC(N)=O)NC(=O)C(N)Cc1ccccc1)C(=O)N1CCCC1C(=O)O. The Morgan fingerprint density at radius 3 is 2.39 bits per heavy atom. The highest BCUT2D eigenvalue weighted by molar-refractivity contribution is 5.94. The van der Waals surface area contributed by atoms with Gasteiger partial charge in [-0.05, 0) is 38.2 Å². The van der Waals surface area contributed by atoms with Crippen molar-refractivity contribution in [2.24, 2.45) is 11.5 Å². The molecule has 180 valence electrons. The molecule has 0 radical (unpaired) electrons. The second kappa shape index (κ2) is 12.0. The summed E-state index contributed by atoms with van der Waals surface area (Å²) in [6.07, 6.45) is 0.907. The molecule has 4 atom stereocenters. The van der Waals surface area contributed by atoms with Crippen molar-refractivity contribution in [3.63, 3.8) is 0 Å². The van der Waals surface area contributed by atoms with Crippen LogP contribution in [0.1, 0.15) is 38.2 Å². The lowest BCUT2D eigenvalue weighted by atomic mass is 10.0. The molecule has 1 aromatic carbocycles. The highest BCUT2D eigenvalue weighted by Crippen LogP contribution is 2.18. The summed E-state index contributed by atoms with van der Waals surface area (Å²) >= 11 is 0. The predicted molar refractivity (Wildman–Crippen MR) is 118 cm³/mol. The van der Waals surface area contributed by atoms with E-state index in [1.807, 2.05) is 30.3 Å². The van der Waals surface area contributed by atoms with E-state index in [1.165, 1.54) is 11.8 Å². The maximum absolute atomic E-state index is 12.8. The third-order valence-corrected chi connectivity index (χ3v) is 5.50. The molecule has 4 amide bonds. The largest absolute Gasteiger partial charge is 0.480 e. The number of nitrogens with zero attached hydrogens (tertiary/aromatic N) is 1. The zero-order chi connectivity index (χ0) is 24.5. The number of hydrogen-bond donors (Lipinski definition) is 5. The van der Waals surface area contributed by atoms with Crippen molar-refractivity contribution in [2.45, 2.75) is 63.2 Å². The van der Waals surface area contributed by atoms with Crippen molar-refractivity contribution in [1.82, 2.24) is 15.5 Å². The highest BCUT2D eigenvalue weighted by Gasteiger charge is 2.37. The molecule has 33 heavy (non-hydrogen) atoms. The molecule has 0 spiro atoms. The van der Waals surface area contributed by atoms with Crippen molar-refractivity contribution in [1.29, 1.82) is 0 Å². The van der Waals surface area contributed by atoms with E-state index in [0.29, 0.717) is 12.8 Å². The number of rotatable bonds is 11. The number of nitrogens with two attached hydrogens (primary N) is 2. The van der Waals surface area contributed by atoms with Crippen LogP contribution >= 0.6 is 0 Å². The highest BCUT2D eigenvalue weighted by atomic mass is 16.4. The number of carboxylic acid groups (broad SMARTS) is 1. The number of carboxylic acids is 1. The number of carbonyl (C=O) groups excluding carboxylic acids is 4. The van der Waals surface area contributed by atoms with Gasteiger partial charge in [-0.1, -0.05) is 30.3 Å². The van der Waals surface area contributed by atoms with Gasteiger partial charge in [0.25, 0.3) is 0 Å². The molecule has 7 N–H and O–H groups in total. The van der Waals surface area contributed by atoms with Crippen molar-refractivity contribution in [3.05, 3.63) is 35.9 Å². The summed E-state index contributed by atoms with van der Waals surface area (Å²) in [6.45, 7) is 1.72. The minimum absolute atomic E-state index is 0.0761. The molecule has 11 heteroatoms. The summed E-state index contributed by atoms with van der Waals surface area (Å²) in [4.78, 5) is 61.9. The van der Waals surface area contributed by atoms with E-state index in [-0.39, 0.29) is 25.8 Å². The number of carbonyl (C=O) groups is 5. The van der Waals surface area contributed by atoms with Crippen LogP contribution in [0.25, 0.3) is 0 Å². The molecule has 1 aliphatic rings. The van der Waals surface area contributed by atoms with Gasteiger partial charge in [0.15, 0.2) is 0 Å². The molecule has 1 aromatic rings. The summed E-state index contributed by atoms with van der Waals surface area (Å²) in [7, 11) is 0. The van der Waals surface area contributed by atoms with E-state index < -0.39 is 53.8 Å². The minimum Gasteiger partial charge on any atom is -0.480 e. The Morgan fingerprint density at radius 1 is 1.12 bits per heavy atom. The van der Waals surface area contributed by atoms with Gasteiger partial charge in [-0.3, -0.25) is 19.2 Å². The number of amides is 4. The van der Waals surface area contributed by atoms with Crippen LogP contribution in [-0.4, -0.2) is 70.3 Å². The first kappa shape index (κ1) is 25.8. The first-order valence-corrected chi connectivity index (χ1v) is 10.8. The second-order valence-electron chi connectivity index (χ2n) is 8.12. The van der Waals surface area contributed by atoms with Crippen molar-refractivity contribution in [2.75, 3.05) is 6.54 Å². The number of aliphatic carboxylic acids is 1.